The highest BCUT2D eigenvalue weighted by Crippen LogP contribution is 2.63. The van der Waals surface area contributed by atoms with Crippen molar-refractivity contribution in [3.8, 4) is 0 Å². The summed E-state index contributed by atoms with van der Waals surface area (Å²) in [6.45, 7) is 8.32. The molecule has 0 saturated carbocycles. The molecule has 6 nitrogen and oxygen atoms in total. The SMILES string of the molecule is CCCCC[C@@H]1[C@@H](P(=O)(OCC)OCC)N1C(=O)OCC. The third-order valence-electron chi connectivity index (χ3n) is 3.42. The van der Waals surface area contributed by atoms with Gasteiger partial charge in [-0.15, -0.1) is 0 Å². The van der Waals surface area contributed by atoms with Crippen LogP contribution < -0.4 is 0 Å². The second-order valence-corrected chi connectivity index (χ2v) is 7.08. The van der Waals surface area contributed by atoms with Gasteiger partial charge in [-0.05, 0) is 27.2 Å². The van der Waals surface area contributed by atoms with E-state index in [9.17, 15) is 9.36 Å². The van der Waals surface area contributed by atoms with Crippen molar-refractivity contribution >= 4 is 13.7 Å². The Morgan fingerprint density at radius 2 is 1.67 bits per heavy atom. The van der Waals surface area contributed by atoms with Gasteiger partial charge >= 0.3 is 13.7 Å². The molecule has 2 atom stereocenters. The molecule has 0 aromatic rings. The second-order valence-electron chi connectivity index (χ2n) is 4.96. The second kappa shape index (κ2) is 8.76. The lowest BCUT2D eigenvalue weighted by atomic mass is 10.2. The van der Waals surface area contributed by atoms with Crippen molar-refractivity contribution in [2.45, 2.75) is 65.2 Å². The van der Waals surface area contributed by atoms with Crippen LogP contribution in [0.1, 0.15) is 53.4 Å². The summed E-state index contributed by atoms with van der Waals surface area (Å²) in [7, 11) is -3.29. The molecule has 1 heterocycles. The van der Waals surface area contributed by atoms with E-state index in [0.717, 1.165) is 25.7 Å². The van der Waals surface area contributed by atoms with Crippen LogP contribution in [0, 0.1) is 0 Å². The minimum Gasteiger partial charge on any atom is -0.450 e. The Labute approximate surface area is 127 Å². The fourth-order valence-electron chi connectivity index (χ4n) is 2.51. The lowest BCUT2D eigenvalue weighted by molar-refractivity contribution is 0.131. The molecule has 0 aromatic carbocycles. The molecule has 0 N–H and O–H groups in total. The first-order valence-electron chi connectivity index (χ1n) is 7.89. The van der Waals surface area contributed by atoms with E-state index in [2.05, 4.69) is 6.92 Å². The first kappa shape index (κ1) is 18.5. The van der Waals surface area contributed by atoms with Gasteiger partial charge in [0.15, 0.2) is 5.78 Å². The third kappa shape index (κ3) is 4.70. The number of hydrogen-bond acceptors (Lipinski definition) is 5. The maximum Gasteiger partial charge on any atom is 0.410 e. The standard InChI is InChI=1S/C14H28NO5P/c1-5-9-10-11-12-13(15(12)14(16)18-6-2)21(17,19-7-3)20-8-4/h12-13H,5-11H2,1-4H3/t12-,13-,15?/m1/s1. The number of carbonyl (C=O) groups is 1. The van der Waals surface area contributed by atoms with Gasteiger partial charge in [0.2, 0.25) is 0 Å². The number of rotatable bonds is 10. The van der Waals surface area contributed by atoms with Gasteiger partial charge in [-0.3, -0.25) is 9.46 Å². The smallest absolute Gasteiger partial charge is 0.410 e. The lowest BCUT2D eigenvalue weighted by Gasteiger charge is -2.16. The number of hydrogen-bond donors (Lipinski definition) is 0. The van der Waals surface area contributed by atoms with E-state index in [4.69, 9.17) is 13.8 Å². The summed E-state index contributed by atoms with van der Waals surface area (Å²) in [6, 6.07) is -0.0977. The molecule has 1 aliphatic heterocycles. The Hall–Kier alpha value is -0.580. The van der Waals surface area contributed by atoms with Crippen molar-refractivity contribution in [3.63, 3.8) is 0 Å². The monoisotopic (exact) mass is 321 g/mol. The zero-order valence-electron chi connectivity index (χ0n) is 13.5. The number of carbonyl (C=O) groups excluding carboxylic acids is 1. The van der Waals surface area contributed by atoms with Crippen molar-refractivity contribution in [1.29, 1.82) is 0 Å². The van der Waals surface area contributed by atoms with E-state index in [1.54, 1.807) is 20.8 Å². The predicted octanol–water partition coefficient (Wildman–Crippen LogP) is 4.00. The molecule has 1 amide bonds. The van der Waals surface area contributed by atoms with Crippen molar-refractivity contribution < 1.29 is 23.1 Å². The molecular weight excluding hydrogens is 293 g/mol. The Balaban J connectivity index is 2.78. The number of nitrogens with zero attached hydrogens (tertiary/aromatic N) is 1. The van der Waals surface area contributed by atoms with Gasteiger partial charge in [0.25, 0.3) is 0 Å². The van der Waals surface area contributed by atoms with Crippen LogP contribution in [0.5, 0.6) is 0 Å². The van der Waals surface area contributed by atoms with Crippen molar-refractivity contribution in [1.82, 2.24) is 4.90 Å². The van der Waals surface area contributed by atoms with E-state index < -0.39 is 19.5 Å². The Morgan fingerprint density at radius 1 is 1.05 bits per heavy atom. The highest BCUT2D eigenvalue weighted by Gasteiger charge is 2.62. The van der Waals surface area contributed by atoms with E-state index in [0.29, 0.717) is 19.8 Å². The fourth-order valence-corrected chi connectivity index (χ4v) is 4.82. The van der Waals surface area contributed by atoms with E-state index >= 15 is 0 Å². The van der Waals surface area contributed by atoms with Gasteiger partial charge in [0, 0.05) is 0 Å². The Bertz CT molecular complexity index is 366. The van der Waals surface area contributed by atoms with Crippen molar-refractivity contribution in [3.05, 3.63) is 0 Å². The van der Waals surface area contributed by atoms with Gasteiger partial charge in [-0.2, -0.15) is 0 Å². The van der Waals surface area contributed by atoms with Crippen LogP contribution in [0.2, 0.25) is 0 Å². The molecule has 1 aliphatic rings. The maximum absolute atomic E-state index is 12.8. The predicted molar refractivity (Wildman–Crippen MR) is 81.4 cm³/mol. The zero-order valence-corrected chi connectivity index (χ0v) is 14.4. The first-order chi connectivity index (χ1) is 10.1. The highest BCUT2D eigenvalue weighted by molar-refractivity contribution is 7.55. The summed E-state index contributed by atoms with van der Waals surface area (Å²) >= 11 is 0. The number of ether oxygens (including phenoxy) is 1. The Morgan fingerprint density at radius 3 is 2.14 bits per heavy atom. The summed E-state index contributed by atoms with van der Waals surface area (Å²) in [5.41, 5.74) is 0. The van der Waals surface area contributed by atoms with Gasteiger partial charge in [-0.1, -0.05) is 26.2 Å². The van der Waals surface area contributed by atoms with E-state index in [-0.39, 0.29) is 6.04 Å². The summed E-state index contributed by atoms with van der Waals surface area (Å²) in [6.07, 6.45) is 3.56. The summed E-state index contributed by atoms with van der Waals surface area (Å²) < 4.78 is 28.6. The average molecular weight is 321 g/mol. The van der Waals surface area contributed by atoms with E-state index in [1.807, 2.05) is 0 Å². The molecule has 124 valence electrons. The van der Waals surface area contributed by atoms with Crippen LogP contribution in [0.25, 0.3) is 0 Å². The third-order valence-corrected chi connectivity index (χ3v) is 5.90. The molecule has 1 saturated heterocycles. The number of amides is 1. The molecule has 0 spiro atoms. The molecule has 21 heavy (non-hydrogen) atoms. The van der Waals surface area contributed by atoms with Crippen LogP contribution in [0.15, 0.2) is 0 Å². The topological polar surface area (TPSA) is 64.8 Å². The molecule has 0 bridgehead atoms. The van der Waals surface area contributed by atoms with Crippen LogP contribution in [-0.2, 0) is 18.3 Å². The largest absolute Gasteiger partial charge is 0.450 e. The van der Waals surface area contributed by atoms with Gasteiger partial charge in [0.1, 0.15) is 0 Å². The average Bonchev–Trinajstić information content (AvgIpc) is 3.15. The molecule has 0 unspecified atom stereocenters. The summed E-state index contributed by atoms with van der Waals surface area (Å²) in [5.74, 6) is -0.492. The van der Waals surface area contributed by atoms with Crippen LogP contribution in [0.3, 0.4) is 0 Å². The fraction of sp³-hybridized carbons (Fsp3) is 0.929. The van der Waals surface area contributed by atoms with Crippen LogP contribution >= 0.6 is 7.60 Å². The molecule has 0 aliphatic carbocycles. The van der Waals surface area contributed by atoms with Gasteiger partial charge in [0.05, 0.1) is 25.9 Å². The maximum atomic E-state index is 12.8. The van der Waals surface area contributed by atoms with Crippen molar-refractivity contribution in [2.24, 2.45) is 0 Å². The van der Waals surface area contributed by atoms with Gasteiger partial charge in [-0.25, -0.2) is 4.79 Å². The number of unbranched alkanes of at least 4 members (excludes halogenated alkanes) is 2. The minimum atomic E-state index is -3.29. The zero-order chi connectivity index (χ0) is 15.9. The first-order valence-corrected chi connectivity index (χ1v) is 9.50. The molecular formula is C14H28NO5P. The Kier molecular flexibility index (Phi) is 7.71. The van der Waals surface area contributed by atoms with Crippen LogP contribution in [0.4, 0.5) is 4.79 Å². The van der Waals surface area contributed by atoms with Crippen molar-refractivity contribution in [2.75, 3.05) is 19.8 Å². The normalized spacial score (nSPS) is 21.4. The summed E-state index contributed by atoms with van der Waals surface area (Å²) in [4.78, 5) is 13.5. The highest BCUT2D eigenvalue weighted by atomic mass is 31.2. The minimum absolute atomic E-state index is 0.0977. The molecule has 1 rings (SSSR count). The summed E-state index contributed by atoms with van der Waals surface area (Å²) in [5, 5.41) is 0. The van der Waals surface area contributed by atoms with E-state index in [1.165, 1.54) is 4.90 Å². The lowest BCUT2D eigenvalue weighted by Crippen LogP contribution is -2.17. The molecule has 1 fully saturated rings. The van der Waals surface area contributed by atoms with Gasteiger partial charge < -0.3 is 13.8 Å². The quantitative estimate of drug-likeness (QED) is 0.346. The van der Waals surface area contributed by atoms with Crippen LogP contribution in [-0.4, -0.2) is 42.6 Å². The molecule has 0 radical (unpaired) electrons. The molecule has 0 aromatic heterocycles. The molecule has 7 heteroatoms.